The second kappa shape index (κ2) is 9.79. The highest BCUT2D eigenvalue weighted by Crippen LogP contribution is 2.42. The summed E-state index contributed by atoms with van der Waals surface area (Å²) in [5.41, 5.74) is 10.2. The molecule has 0 aliphatic heterocycles. The number of rotatable bonds is 4. The molecule has 44 heavy (non-hydrogen) atoms. The molecule has 9 rings (SSSR count). The molecule has 0 bridgehead atoms. The molecular weight excluding hydrogens is 536 g/mol. The van der Waals surface area contributed by atoms with Crippen LogP contribution in [0, 0.1) is 0 Å². The van der Waals surface area contributed by atoms with Crippen LogP contribution in [-0.2, 0) is 0 Å². The molecule has 0 aliphatic carbocycles. The van der Waals surface area contributed by atoms with E-state index in [1.54, 1.807) is 0 Å². The van der Waals surface area contributed by atoms with E-state index in [9.17, 15) is 0 Å². The molecule has 9 aromatic rings. The van der Waals surface area contributed by atoms with Crippen LogP contribution < -0.4 is 0 Å². The summed E-state index contributed by atoms with van der Waals surface area (Å²) in [6, 6.07) is 45.7. The summed E-state index contributed by atoms with van der Waals surface area (Å²) < 4.78 is 4.76. The lowest BCUT2D eigenvalue weighted by atomic mass is 9.99. The van der Waals surface area contributed by atoms with Crippen molar-refractivity contribution in [1.82, 2.24) is 19.1 Å². The highest BCUT2D eigenvalue weighted by atomic mass is 15.0. The largest absolute Gasteiger partial charge is 0.316 e. The van der Waals surface area contributed by atoms with Gasteiger partial charge in [0, 0.05) is 75.0 Å². The van der Waals surface area contributed by atoms with Gasteiger partial charge in [0.1, 0.15) is 0 Å². The first-order chi connectivity index (χ1) is 21.8. The number of aromatic nitrogens is 4. The van der Waals surface area contributed by atoms with Crippen molar-refractivity contribution in [3.05, 3.63) is 158 Å². The van der Waals surface area contributed by atoms with E-state index in [0.29, 0.717) is 0 Å². The summed E-state index contributed by atoms with van der Waals surface area (Å²) >= 11 is 0. The minimum atomic E-state index is 1.07. The lowest BCUT2D eigenvalue weighted by Crippen LogP contribution is -1.97. The second-order valence-electron chi connectivity index (χ2n) is 11.2. The fourth-order valence-corrected chi connectivity index (χ4v) is 6.70. The standard InChI is InChI=1S/C40H26N4/c1-2-11-32(12-3-1)43-21-18-37-38(43)17-16-36-35-15-14-27-8-4-5-13-34(27)39(35)44(40(36)37)33-23-30(28-9-6-19-41-25-28)22-31(24-33)29-10-7-20-42-26-29/h1-26H. The summed E-state index contributed by atoms with van der Waals surface area (Å²) in [5.74, 6) is 0. The van der Waals surface area contributed by atoms with Gasteiger partial charge in [0.2, 0.25) is 0 Å². The van der Waals surface area contributed by atoms with Crippen molar-refractivity contribution in [3.8, 4) is 33.6 Å². The Labute approximate surface area is 254 Å². The van der Waals surface area contributed by atoms with Crippen LogP contribution in [0.4, 0.5) is 0 Å². The van der Waals surface area contributed by atoms with E-state index in [-0.39, 0.29) is 0 Å². The third kappa shape index (κ3) is 3.78. The van der Waals surface area contributed by atoms with Gasteiger partial charge in [0.05, 0.1) is 16.6 Å². The zero-order valence-electron chi connectivity index (χ0n) is 23.8. The van der Waals surface area contributed by atoms with Gasteiger partial charge in [-0.2, -0.15) is 0 Å². The van der Waals surface area contributed by atoms with Gasteiger partial charge in [-0.1, -0.05) is 72.8 Å². The van der Waals surface area contributed by atoms with Gasteiger partial charge >= 0.3 is 0 Å². The predicted octanol–water partition coefficient (Wildman–Crippen LogP) is 10.0. The van der Waals surface area contributed by atoms with Crippen LogP contribution in [-0.4, -0.2) is 19.1 Å². The number of benzene rings is 5. The number of hydrogen-bond acceptors (Lipinski definition) is 2. The highest BCUT2D eigenvalue weighted by molar-refractivity contribution is 6.23. The molecule has 206 valence electrons. The molecule has 5 aromatic carbocycles. The summed E-state index contributed by atoms with van der Waals surface area (Å²) in [6.07, 6.45) is 9.70. The molecule has 0 saturated heterocycles. The molecule has 0 radical (unpaired) electrons. The third-order valence-electron chi connectivity index (χ3n) is 8.68. The van der Waals surface area contributed by atoms with Crippen LogP contribution in [0.15, 0.2) is 158 Å². The Morgan fingerprint density at radius 2 is 1.09 bits per heavy atom. The van der Waals surface area contributed by atoms with Gasteiger partial charge in [-0.25, -0.2) is 0 Å². The Morgan fingerprint density at radius 1 is 0.432 bits per heavy atom. The van der Waals surface area contributed by atoms with Gasteiger partial charge in [0.25, 0.3) is 0 Å². The molecule has 0 unspecified atom stereocenters. The number of pyridine rings is 2. The van der Waals surface area contributed by atoms with Crippen LogP contribution in [0.25, 0.3) is 77.1 Å². The fraction of sp³-hybridized carbons (Fsp3) is 0. The molecule has 0 aliphatic rings. The SMILES string of the molecule is c1ccc(-n2ccc3c2ccc2c4ccc5ccccc5c4n(-c4cc(-c5cccnc5)cc(-c5cccnc5)c4)c23)cc1. The van der Waals surface area contributed by atoms with Crippen molar-refractivity contribution in [1.29, 1.82) is 0 Å². The average molecular weight is 563 g/mol. The normalized spacial score (nSPS) is 11.6. The van der Waals surface area contributed by atoms with Gasteiger partial charge in [-0.3, -0.25) is 9.97 Å². The van der Waals surface area contributed by atoms with Crippen LogP contribution in [0.5, 0.6) is 0 Å². The van der Waals surface area contributed by atoms with Crippen LogP contribution in [0.1, 0.15) is 0 Å². The Bertz CT molecular complexity index is 2420. The van der Waals surface area contributed by atoms with E-state index in [0.717, 1.165) is 33.6 Å². The maximum absolute atomic E-state index is 4.45. The molecule has 4 nitrogen and oxygen atoms in total. The molecule has 0 saturated carbocycles. The maximum atomic E-state index is 4.45. The summed E-state index contributed by atoms with van der Waals surface area (Å²) in [4.78, 5) is 8.89. The molecule has 0 amide bonds. The minimum Gasteiger partial charge on any atom is -0.316 e. The summed E-state index contributed by atoms with van der Waals surface area (Å²) in [5, 5.41) is 6.13. The van der Waals surface area contributed by atoms with Crippen LogP contribution in [0.3, 0.4) is 0 Å². The topological polar surface area (TPSA) is 35.6 Å². The van der Waals surface area contributed by atoms with E-state index >= 15 is 0 Å². The van der Waals surface area contributed by atoms with E-state index in [2.05, 4.69) is 141 Å². The first kappa shape index (κ1) is 24.6. The van der Waals surface area contributed by atoms with Crippen molar-refractivity contribution < 1.29 is 0 Å². The summed E-state index contributed by atoms with van der Waals surface area (Å²) in [7, 11) is 0. The number of nitrogens with zero attached hydrogens (tertiary/aromatic N) is 4. The molecule has 4 aromatic heterocycles. The lowest BCUT2D eigenvalue weighted by molar-refractivity contribution is 1.13. The molecule has 4 heteroatoms. The smallest absolute Gasteiger partial charge is 0.0635 e. The molecule has 0 spiro atoms. The van der Waals surface area contributed by atoms with Crippen molar-refractivity contribution in [2.24, 2.45) is 0 Å². The lowest BCUT2D eigenvalue weighted by Gasteiger charge is -2.15. The highest BCUT2D eigenvalue weighted by Gasteiger charge is 2.20. The van der Waals surface area contributed by atoms with Gasteiger partial charge in [0.15, 0.2) is 0 Å². The van der Waals surface area contributed by atoms with Crippen molar-refractivity contribution in [3.63, 3.8) is 0 Å². The van der Waals surface area contributed by atoms with Crippen molar-refractivity contribution >= 4 is 43.5 Å². The van der Waals surface area contributed by atoms with Gasteiger partial charge in [-0.15, -0.1) is 0 Å². The van der Waals surface area contributed by atoms with Crippen molar-refractivity contribution in [2.45, 2.75) is 0 Å². The minimum absolute atomic E-state index is 1.07. The number of hydrogen-bond donors (Lipinski definition) is 0. The van der Waals surface area contributed by atoms with Crippen LogP contribution >= 0.6 is 0 Å². The maximum Gasteiger partial charge on any atom is 0.0635 e. The summed E-state index contributed by atoms with van der Waals surface area (Å²) in [6.45, 7) is 0. The van der Waals surface area contributed by atoms with E-state index < -0.39 is 0 Å². The Morgan fingerprint density at radius 3 is 1.80 bits per heavy atom. The Kier molecular flexibility index (Phi) is 5.47. The van der Waals surface area contributed by atoms with Gasteiger partial charge in [-0.05, 0) is 71.1 Å². The Hall–Kier alpha value is -6.00. The van der Waals surface area contributed by atoms with Gasteiger partial charge < -0.3 is 9.13 Å². The number of fused-ring (bicyclic) bond motifs is 7. The van der Waals surface area contributed by atoms with E-state index in [1.807, 2.05) is 36.9 Å². The third-order valence-corrected chi connectivity index (χ3v) is 8.68. The number of para-hydroxylation sites is 1. The first-order valence-electron chi connectivity index (χ1n) is 14.8. The molecule has 0 atom stereocenters. The van der Waals surface area contributed by atoms with E-state index in [4.69, 9.17) is 0 Å². The molecule has 4 heterocycles. The first-order valence-corrected chi connectivity index (χ1v) is 14.8. The monoisotopic (exact) mass is 562 g/mol. The fourth-order valence-electron chi connectivity index (χ4n) is 6.70. The average Bonchev–Trinajstić information content (AvgIpc) is 3.69. The zero-order valence-corrected chi connectivity index (χ0v) is 23.8. The van der Waals surface area contributed by atoms with Crippen LogP contribution in [0.2, 0.25) is 0 Å². The Balaban J connectivity index is 1.45. The quantitative estimate of drug-likeness (QED) is 0.214. The molecular formula is C40H26N4. The zero-order chi connectivity index (χ0) is 29.0. The van der Waals surface area contributed by atoms with E-state index in [1.165, 1.54) is 43.5 Å². The second-order valence-corrected chi connectivity index (χ2v) is 11.2. The van der Waals surface area contributed by atoms with Crippen molar-refractivity contribution in [2.75, 3.05) is 0 Å². The predicted molar refractivity (Wildman–Crippen MR) is 182 cm³/mol. The molecule has 0 fully saturated rings. The molecule has 0 N–H and O–H groups in total.